The highest BCUT2D eigenvalue weighted by atomic mass is 16.5. The highest BCUT2D eigenvalue weighted by Gasteiger charge is 2.19. The fourth-order valence-electron chi connectivity index (χ4n) is 1.69. The lowest BCUT2D eigenvalue weighted by Gasteiger charge is -2.21. The number of carbonyl (C=O) groups is 2. The molecule has 0 aliphatic carbocycles. The average molecular weight is 372 g/mol. The van der Waals surface area contributed by atoms with Crippen molar-refractivity contribution >= 4 is 11.9 Å². The van der Waals surface area contributed by atoms with Gasteiger partial charge in [-0.3, -0.25) is 9.59 Å². The number of esters is 1. The van der Waals surface area contributed by atoms with Crippen LogP contribution in [0.15, 0.2) is 0 Å². The number of hydrogen-bond acceptors (Lipinski definition) is 3. The predicted octanol–water partition coefficient (Wildman–Crippen LogP) is 5.60. The lowest BCUT2D eigenvalue weighted by molar-refractivity contribution is -0.148. The summed E-state index contributed by atoms with van der Waals surface area (Å²) in [4.78, 5) is 22.7. The molecule has 0 saturated heterocycles. The summed E-state index contributed by atoms with van der Waals surface area (Å²) in [5.41, 5.74) is 0.345. The van der Waals surface area contributed by atoms with Gasteiger partial charge in [-0.1, -0.05) is 83.1 Å². The zero-order chi connectivity index (χ0) is 21.4. The third-order valence-electron chi connectivity index (χ3n) is 2.85. The maximum Gasteiger partial charge on any atom is 0.306 e. The maximum atomic E-state index is 11.4. The molecule has 1 amide bonds. The summed E-state index contributed by atoms with van der Waals surface area (Å²) in [5.74, 6) is 0.0600. The molecule has 0 aromatic rings. The first kappa shape index (κ1) is 27.2. The Morgan fingerprint density at radius 3 is 1.38 bits per heavy atom. The summed E-state index contributed by atoms with van der Waals surface area (Å²) in [6.07, 6.45) is 1.09. The topological polar surface area (TPSA) is 55.4 Å². The Hall–Kier alpha value is -1.06. The molecular weight excluding hydrogens is 326 g/mol. The van der Waals surface area contributed by atoms with Crippen molar-refractivity contribution < 1.29 is 14.3 Å². The Morgan fingerprint density at radius 1 is 0.654 bits per heavy atom. The molecule has 0 atom stereocenters. The molecule has 4 nitrogen and oxygen atoms in total. The van der Waals surface area contributed by atoms with Gasteiger partial charge in [0.1, 0.15) is 0 Å². The van der Waals surface area contributed by atoms with Gasteiger partial charge in [-0.2, -0.15) is 0 Å². The molecule has 0 radical (unpaired) electrons. The van der Waals surface area contributed by atoms with Gasteiger partial charge in [0, 0.05) is 13.0 Å². The maximum absolute atomic E-state index is 11.4. The molecular formula is C22H45NO3. The summed E-state index contributed by atoms with van der Waals surface area (Å²) in [5, 5.41) is 2.94. The summed E-state index contributed by atoms with van der Waals surface area (Å²) < 4.78 is 5.14. The zero-order valence-corrected chi connectivity index (χ0v) is 19.6. The monoisotopic (exact) mass is 371 g/mol. The van der Waals surface area contributed by atoms with Gasteiger partial charge in [-0.15, -0.1) is 0 Å². The molecule has 0 rings (SSSR count). The predicted molar refractivity (Wildman–Crippen MR) is 111 cm³/mol. The molecule has 0 heterocycles. The smallest absolute Gasteiger partial charge is 0.306 e. The van der Waals surface area contributed by atoms with E-state index < -0.39 is 0 Å². The van der Waals surface area contributed by atoms with Crippen LogP contribution in [0, 0.1) is 21.7 Å². The minimum atomic E-state index is -0.0950. The van der Waals surface area contributed by atoms with Crippen LogP contribution in [0.1, 0.15) is 95.9 Å². The van der Waals surface area contributed by atoms with Gasteiger partial charge >= 0.3 is 5.97 Å². The largest absolute Gasteiger partial charge is 0.465 e. The Balaban J connectivity index is 0. The molecule has 0 aromatic carbocycles. The van der Waals surface area contributed by atoms with E-state index in [2.05, 4.69) is 67.6 Å². The molecule has 0 saturated carbocycles. The van der Waals surface area contributed by atoms with Crippen LogP contribution in [-0.4, -0.2) is 25.0 Å². The van der Waals surface area contributed by atoms with Crippen LogP contribution in [0.3, 0.4) is 0 Å². The Kier molecular flexibility index (Phi) is 10.8. The molecule has 0 aromatic heterocycles. The van der Waals surface area contributed by atoms with E-state index in [1.807, 2.05) is 20.8 Å². The van der Waals surface area contributed by atoms with E-state index in [1.54, 1.807) is 0 Å². The molecule has 0 aliphatic rings. The zero-order valence-electron chi connectivity index (χ0n) is 19.6. The summed E-state index contributed by atoms with van der Waals surface area (Å²) >= 11 is 0. The van der Waals surface area contributed by atoms with Crippen LogP contribution in [0.25, 0.3) is 0 Å². The quantitative estimate of drug-likeness (QED) is 0.655. The normalized spacial score (nSPS) is 12.8. The summed E-state index contributed by atoms with van der Waals surface area (Å²) in [7, 11) is 0. The van der Waals surface area contributed by atoms with E-state index in [0.717, 1.165) is 6.54 Å². The molecule has 0 aliphatic heterocycles. The van der Waals surface area contributed by atoms with Crippen molar-refractivity contribution in [2.24, 2.45) is 21.7 Å². The Labute approximate surface area is 162 Å². The van der Waals surface area contributed by atoms with E-state index in [-0.39, 0.29) is 33.5 Å². The van der Waals surface area contributed by atoms with E-state index in [4.69, 9.17) is 4.74 Å². The lowest BCUT2D eigenvalue weighted by atomic mass is 9.91. The molecule has 1 N–H and O–H groups in total. The van der Waals surface area contributed by atoms with Crippen molar-refractivity contribution in [2.75, 3.05) is 13.2 Å². The molecule has 0 bridgehead atoms. The summed E-state index contributed by atoms with van der Waals surface area (Å²) in [6.45, 7) is 26.1. The van der Waals surface area contributed by atoms with Gasteiger partial charge < -0.3 is 10.1 Å². The first-order valence-electron chi connectivity index (χ1n) is 9.63. The van der Waals surface area contributed by atoms with Crippen molar-refractivity contribution in [2.45, 2.75) is 95.9 Å². The van der Waals surface area contributed by atoms with Crippen LogP contribution in [0.4, 0.5) is 0 Å². The first-order valence-corrected chi connectivity index (χ1v) is 9.63. The van der Waals surface area contributed by atoms with Crippen molar-refractivity contribution in [3.05, 3.63) is 0 Å². The highest BCUT2D eigenvalue weighted by Crippen LogP contribution is 2.20. The van der Waals surface area contributed by atoms with Gasteiger partial charge in [0.05, 0.1) is 13.0 Å². The fourth-order valence-corrected chi connectivity index (χ4v) is 1.69. The van der Waals surface area contributed by atoms with Crippen LogP contribution < -0.4 is 5.32 Å². The van der Waals surface area contributed by atoms with Crippen LogP contribution in [-0.2, 0) is 14.3 Å². The van der Waals surface area contributed by atoms with Crippen LogP contribution >= 0.6 is 0 Å². The Bertz CT molecular complexity index is 384. The van der Waals surface area contributed by atoms with Gasteiger partial charge in [0.25, 0.3) is 0 Å². The number of nitrogens with one attached hydrogen (secondary N) is 1. The molecule has 0 unspecified atom stereocenters. The standard InChI is InChI=1S/C11H23NO.C11H22O2/c1-10(2,3)7-9(13)12-8-11(4,5)6;1-10(2,3)7-9(12)13-8-11(4,5)6/h7-8H2,1-6H3,(H,12,13);7-8H2,1-6H3. The molecule has 4 heteroatoms. The van der Waals surface area contributed by atoms with Gasteiger partial charge in [0.2, 0.25) is 5.91 Å². The van der Waals surface area contributed by atoms with Crippen molar-refractivity contribution in [1.82, 2.24) is 5.32 Å². The van der Waals surface area contributed by atoms with Crippen molar-refractivity contribution in [3.63, 3.8) is 0 Å². The van der Waals surface area contributed by atoms with Gasteiger partial charge in [0.15, 0.2) is 0 Å². The van der Waals surface area contributed by atoms with E-state index in [1.165, 1.54) is 0 Å². The number of ether oxygens (including phenoxy) is 1. The second-order valence-corrected chi connectivity index (χ2v) is 12.0. The molecule has 0 fully saturated rings. The van der Waals surface area contributed by atoms with Crippen molar-refractivity contribution in [1.29, 1.82) is 0 Å². The number of amides is 1. The van der Waals surface area contributed by atoms with E-state index in [0.29, 0.717) is 19.4 Å². The molecule has 0 spiro atoms. The third-order valence-corrected chi connectivity index (χ3v) is 2.85. The van der Waals surface area contributed by atoms with Crippen LogP contribution in [0.5, 0.6) is 0 Å². The van der Waals surface area contributed by atoms with Gasteiger partial charge in [-0.25, -0.2) is 0 Å². The second kappa shape index (κ2) is 10.3. The number of carbonyl (C=O) groups excluding carboxylic acids is 2. The average Bonchev–Trinajstić information content (AvgIpc) is 2.29. The molecule has 26 heavy (non-hydrogen) atoms. The van der Waals surface area contributed by atoms with E-state index in [9.17, 15) is 9.59 Å². The minimum Gasteiger partial charge on any atom is -0.465 e. The summed E-state index contributed by atoms with van der Waals surface area (Å²) in [6, 6.07) is 0. The highest BCUT2D eigenvalue weighted by molar-refractivity contribution is 5.76. The van der Waals surface area contributed by atoms with Crippen LogP contribution in [0.2, 0.25) is 0 Å². The SMILES string of the molecule is CC(C)(C)CNC(=O)CC(C)(C)C.CC(C)(C)COC(=O)CC(C)(C)C. The lowest BCUT2D eigenvalue weighted by Crippen LogP contribution is -2.34. The number of hydrogen-bond donors (Lipinski definition) is 1. The van der Waals surface area contributed by atoms with Crippen molar-refractivity contribution in [3.8, 4) is 0 Å². The second-order valence-electron chi connectivity index (χ2n) is 12.0. The third kappa shape index (κ3) is 25.2. The fraction of sp³-hybridized carbons (Fsp3) is 0.909. The van der Waals surface area contributed by atoms with E-state index >= 15 is 0 Å². The minimum absolute atomic E-state index is 0.0228. The van der Waals surface area contributed by atoms with Gasteiger partial charge in [-0.05, 0) is 21.7 Å². The Morgan fingerprint density at radius 2 is 1.08 bits per heavy atom. The first-order chi connectivity index (χ1) is 11.2. The number of rotatable bonds is 4. The molecule has 156 valence electrons.